The smallest absolute Gasteiger partial charge is 0.338 e. The van der Waals surface area contributed by atoms with Crippen molar-refractivity contribution in [2.45, 2.75) is 0 Å². The van der Waals surface area contributed by atoms with E-state index in [-0.39, 0.29) is 6.61 Å². The minimum atomic E-state index is -0.464. The molecule has 0 aliphatic rings. The van der Waals surface area contributed by atoms with Crippen LogP contribution in [0, 0.1) is 0 Å². The van der Waals surface area contributed by atoms with Crippen LogP contribution in [0.4, 0.5) is 11.4 Å². The van der Waals surface area contributed by atoms with E-state index < -0.39 is 5.97 Å². The summed E-state index contributed by atoms with van der Waals surface area (Å²) in [5, 5.41) is 0. The minimum absolute atomic E-state index is 0.155. The fraction of sp³-hybridized carbons (Fsp3) is 0.533. The number of hydrogen-bond donors (Lipinski definition) is 3. The highest BCUT2D eigenvalue weighted by atomic mass is 16.6. The van der Waals surface area contributed by atoms with Crippen LogP contribution in [0.5, 0.6) is 0 Å². The molecule has 0 unspecified atom stereocenters. The van der Waals surface area contributed by atoms with Gasteiger partial charge in [-0.15, -0.1) is 0 Å². The lowest BCUT2D eigenvalue weighted by Crippen LogP contribution is -2.15. The van der Waals surface area contributed by atoms with Gasteiger partial charge in [0.2, 0.25) is 0 Å². The van der Waals surface area contributed by atoms with Gasteiger partial charge in [0.15, 0.2) is 0 Å². The van der Waals surface area contributed by atoms with Gasteiger partial charge < -0.3 is 36.1 Å². The number of nitrogens with two attached hydrogens (primary N) is 3. The lowest BCUT2D eigenvalue weighted by atomic mass is 10.2. The number of esters is 1. The van der Waals surface area contributed by atoms with Gasteiger partial charge in [0.05, 0.1) is 56.6 Å². The first-order valence-corrected chi connectivity index (χ1v) is 7.40. The Kier molecular flexibility index (Phi) is 9.73. The van der Waals surface area contributed by atoms with Gasteiger partial charge in [0.1, 0.15) is 6.61 Å². The Hall–Kier alpha value is -1.87. The van der Waals surface area contributed by atoms with Crippen LogP contribution in [-0.4, -0.2) is 58.8 Å². The van der Waals surface area contributed by atoms with Gasteiger partial charge in [-0.2, -0.15) is 0 Å². The summed E-state index contributed by atoms with van der Waals surface area (Å²) in [6.07, 6.45) is 0. The highest BCUT2D eigenvalue weighted by molar-refractivity contribution is 5.91. The first-order chi connectivity index (χ1) is 11.1. The molecule has 0 heterocycles. The second-order valence-electron chi connectivity index (χ2n) is 4.61. The Morgan fingerprint density at radius 2 is 1.39 bits per heavy atom. The lowest BCUT2D eigenvalue weighted by Gasteiger charge is -2.08. The Bertz CT molecular complexity index is 470. The van der Waals surface area contributed by atoms with Crippen LogP contribution in [0.1, 0.15) is 10.4 Å². The van der Waals surface area contributed by atoms with Gasteiger partial charge in [-0.05, 0) is 18.2 Å². The molecule has 130 valence electrons. The van der Waals surface area contributed by atoms with E-state index in [9.17, 15) is 4.79 Å². The third-order valence-electron chi connectivity index (χ3n) is 2.79. The maximum Gasteiger partial charge on any atom is 0.338 e. The number of nitrogen functional groups attached to an aromatic ring is 2. The van der Waals surface area contributed by atoms with Crippen LogP contribution >= 0.6 is 0 Å². The van der Waals surface area contributed by atoms with Gasteiger partial charge in [-0.3, -0.25) is 0 Å². The number of ether oxygens (including phenoxy) is 4. The summed E-state index contributed by atoms with van der Waals surface area (Å²) in [5.41, 5.74) is 17.6. The van der Waals surface area contributed by atoms with E-state index in [0.717, 1.165) is 0 Å². The molecule has 0 aromatic heterocycles. The van der Waals surface area contributed by atoms with E-state index in [1.165, 1.54) is 6.07 Å². The molecule has 1 aromatic carbocycles. The number of carbonyl (C=O) groups is 1. The van der Waals surface area contributed by atoms with E-state index in [4.69, 9.17) is 36.1 Å². The standard InChI is InChI=1S/C15H25N3O5/c16-3-4-20-5-6-21-7-8-22-9-10-23-15(19)12-1-2-13(17)14(18)11-12/h1-2,11H,3-10,16-18H2. The number of hydrogen-bond acceptors (Lipinski definition) is 8. The summed E-state index contributed by atoms with van der Waals surface area (Å²) in [4.78, 5) is 11.7. The summed E-state index contributed by atoms with van der Waals surface area (Å²) >= 11 is 0. The highest BCUT2D eigenvalue weighted by Crippen LogP contribution is 2.16. The van der Waals surface area contributed by atoms with E-state index in [2.05, 4.69) is 0 Å². The molecule has 1 rings (SSSR count). The van der Waals surface area contributed by atoms with Crippen LogP contribution in [0.3, 0.4) is 0 Å². The van der Waals surface area contributed by atoms with Crippen LogP contribution in [0.15, 0.2) is 18.2 Å². The Labute approximate surface area is 135 Å². The maximum absolute atomic E-state index is 11.7. The SMILES string of the molecule is NCCOCCOCCOCCOC(=O)c1ccc(N)c(N)c1. The van der Waals surface area contributed by atoms with E-state index in [1.54, 1.807) is 12.1 Å². The minimum Gasteiger partial charge on any atom is -0.460 e. The Morgan fingerprint density at radius 3 is 1.96 bits per heavy atom. The predicted molar refractivity (Wildman–Crippen MR) is 87.1 cm³/mol. The van der Waals surface area contributed by atoms with Gasteiger partial charge in [-0.1, -0.05) is 0 Å². The molecule has 8 heteroatoms. The fourth-order valence-corrected chi connectivity index (χ4v) is 1.60. The quantitative estimate of drug-likeness (QED) is 0.278. The first-order valence-electron chi connectivity index (χ1n) is 7.40. The molecule has 8 nitrogen and oxygen atoms in total. The van der Waals surface area contributed by atoms with E-state index >= 15 is 0 Å². The number of rotatable bonds is 12. The summed E-state index contributed by atoms with van der Waals surface area (Å²) in [7, 11) is 0. The fourth-order valence-electron chi connectivity index (χ4n) is 1.60. The van der Waals surface area contributed by atoms with Gasteiger partial charge in [-0.25, -0.2) is 4.79 Å². The summed E-state index contributed by atoms with van der Waals surface area (Å²) in [6, 6.07) is 4.62. The molecule has 0 saturated heterocycles. The van der Waals surface area contributed by atoms with Crippen molar-refractivity contribution in [3.63, 3.8) is 0 Å². The molecule has 0 amide bonds. The molecule has 0 aliphatic carbocycles. The van der Waals surface area contributed by atoms with Crippen molar-refractivity contribution in [3.05, 3.63) is 23.8 Å². The third kappa shape index (κ3) is 8.36. The van der Waals surface area contributed by atoms with Gasteiger partial charge >= 0.3 is 5.97 Å². The van der Waals surface area contributed by atoms with Crippen molar-refractivity contribution >= 4 is 17.3 Å². The zero-order valence-corrected chi connectivity index (χ0v) is 13.2. The van der Waals surface area contributed by atoms with Crippen molar-refractivity contribution in [2.75, 3.05) is 64.3 Å². The van der Waals surface area contributed by atoms with Gasteiger partial charge in [0, 0.05) is 6.54 Å². The van der Waals surface area contributed by atoms with Crippen molar-refractivity contribution in [1.29, 1.82) is 0 Å². The van der Waals surface area contributed by atoms with Gasteiger partial charge in [0.25, 0.3) is 0 Å². The topological polar surface area (TPSA) is 132 Å². The predicted octanol–water partition coefficient (Wildman–Crippen LogP) is 0.0163. The Balaban J connectivity index is 2.00. The molecule has 0 bridgehead atoms. The normalized spacial score (nSPS) is 10.7. The van der Waals surface area contributed by atoms with E-state index in [0.29, 0.717) is 63.1 Å². The van der Waals surface area contributed by atoms with Crippen molar-refractivity contribution < 1.29 is 23.7 Å². The number of benzene rings is 1. The molecule has 6 N–H and O–H groups in total. The van der Waals surface area contributed by atoms with Crippen LogP contribution in [0.25, 0.3) is 0 Å². The molecule has 0 spiro atoms. The zero-order valence-electron chi connectivity index (χ0n) is 13.2. The van der Waals surface area contributed by atoms with Crippen molar-refractivity contribution in [3.8, 4) is 0 Å². The molecule has 0 saturated carbocycles. The third-order valence-corrected chi connectivity index (χ3v) is 2.79. The largest absolute Gasteiger partial charge is 0.460 e. The average molecular weight is 327 g/mol. The van der Waals surface area contributed by atoms with Crippen LogP contribution < -0.4 is 17.2 Å². The summed E-state index contributed by atoms with van der Waals surface area (Å²) < 4.78 is 20.8. The summed E-state index contributed by atoms with van der Waals surface area (Å²) in [5.74, 6) is -0.464. The zero-order chi connectivity index (χ0) is 16.9. The van der Waals surface area contributed by atoms with Crippen molar-refractivity contribution in [2.24, 2.45) is 5.73 Å². The Morgan fingerprint density at radius 1 is 0.826 bits per heavy atom. The lowest BCUT2D eigenvalue weighted by molar-refractivity contribution is 0.00132. The second-order valence-corrected chi connectivity index (χ2v) is 4.61. The van der Waals surface area contributed by atoms with Crippen molar-refractivity contribution in [1.82, 2.24) is 0 Å². The maximum atomic E-state index is 11.7. The molecular weight excluding hydrogens is 302 g/mol. The molecule has 23 heavy (non-hydrogen) atoms. The molecule has 0 atom stereocenters. The van der Waals surface area contributed by atoms with E-state index in [1.807, 2.05) is 0 Å². The molecule has 0 radical (unpaired) electrons. The molecule has 0 fully saturated rings. The first kappa shape index (κ1) is 19.2. The highest BCUT2D eigenvalue weighted by Gasteiger charge is 2.08. The van der Waals surface area contributed by atoms with Crippen LogP contribution in [0.2, 0.25) is 0 Å². The molecule has 1 aromatic rings. The number of carbonyl (C=O) groups excluding carboxylic acids is 1. The molecular formula is C15H25N3O5. The second kappa shape index (κ2) is 11.7. The average Bonchev–Trinajstić information content (AvgIpc) is 2.55. The monoisotopic (exact) mass is 327 g/mol. The molecule has 0 aliphatic heterocycles. The van der Waals surface area contributed by atoms with Crippen LogP contribution in [-0.2, 0) is 18.9 Å². The number of anilines is 2. The summed E-state index contributed by atoms with van der Waals surface area (Å²) in [6.45, 7) is 3.37.